The Morgan fingerprint density at radius 1 is 1.33 bits per heavy atom. The Morgan fingerprint density at radius 2 is 2.25 bits per heavy atom. The van der Waals surface area contributed by atoms with E-state index in [1.165, 1.54) is 5.56 Å². The summed E-state index contributed by atoms with van der Waals surface area (Å²) in [5.74, 6) is 0.769. The molecule has 1 unspecified atom stereocenters. The van der Waals surface area contributed by atoms with E-state index in [0.717, 1.165) is 37.3 Å². The Morgan fingerprint density at radius 3 is 2.96 bits per heavy atom. The van der Waals surface area contributed by atoms with Crippen LogP contribution in [0.25, 0.3) is 0 Å². The molecule has 1 aromatic carbocycles. The van der Waals surface area contributed by atoms with Crippen LogP contribution in [0.2, 0.25) is 0 Å². The number of hydrogen-bond donors (Lipinski definition) is 1. The maximum absolute atomic E-state index is 12.7. The zero-order valence-electron chi connectivity index (χ0n) is 14.0. The van der Waals surface area contributed by atoms with Crippen molar-refractivity contribution in [2.75, 3.05) is 18.5 Å². The maximum Gasteiger partial charge on any atom is 0.322 e. The van der Waals surface area contributed by atoms with Crippen LogP contribution in [-0.2, 0) is 17.7 Å². The molecule has 2 heterocycles. The Labute approximate surface area is 142 Å². The van der Waals surface area contributed by atoms with E-state index in [0.29, 0.717) is 13.1 Å². The first-order chi connectivity index (χ1) is 11.7. The van der Waals surface area contributed by atoms with Crippen molar-refractivity contribution in [2.24, 2.45) is 0 Å². The molecular formula is C19H24N2O3. The summed E-state index contributed by atoms with van der Waals surface area (Å²) in [6.07, 6.45) is 4.72. The number of furan rings is 1. The highest BCUT2D eigenvalue weighted by molar-refractivity contribution is 5.89. The van der Waals surface area contributed by atoms with Gasteiger partial charge in [0.25, 0.3) is 0 Å². The Bertz CT molecular complexity index is 648. The molecule has 1 N–H and O–H groups in total. The van der Waals surface area contributed by atoms with E-state index in [-0.39, 0.29) is 12.1 Å². The predicted octanol–water partition coefficient (Wildman–Crippen LogP) is 4.06. The number of benzene rings is 1. The Balaban J connectivity index is 1.69. The predicted molar refractivity (Wildman–Crippen MR) is 92.9 cm³/mol. The quantitative estimate of drug-likeness (QED) is 0.870. The van der Waals surface area contributed by atoms with Crippen molar-refractivity contribution in [3.63, 3.8) is 0 Å². The van der Waals surface area contributed by atoms with E-state index in [1.54, 1.807) is 11.2 Å². The molecule has 0 saturated carbocycles. The lowest BCUT2D eigenvalue weighted by molar-refractivity contribution is 0.0803. The molecule has 24 heavy (non-hydrogen) atoms. The van der Waals surface area contributed by atoms with Crippen molar-refractivity contribution in [2.45, 2.75) is 38.8 Å². The summed E-state index contributed by atoms with van der Waals surface area (Å²) >= 11 is 0. The fraction of sp³-hybridized carbons (Fsp3) is 0.421. The number of urea groups is 1. The summed E-state index contributed by atoms with van der Waals surface area (Å²) in [4.78, 5) is 14.5. The number of nitrogens with one attached hydrogen (secondary N) is 1. The van der Waals surface area contributed by atoms with Crippen molar-refractivity contribution in [3.05, 3.63) is 54.0 Å². The smallest absolute Gasteiger partial charge is 0.322 e. The van der Waals surface area contributed by atoms with Crippen LogP contribution in [-0.4, -0.2) is 30.2 Å². The molecule has 0 spiro atoms. The van der Waals surface area contributed by atoms with Gasteiger partial charge in [0, 0.05) is 18.8 Å². The first-order valence-electron chi connectivity index (χ1n) is 8.53. The van der Waals surface area contributed by atoms with Gasteiger partial charge in [0.15, 0.2) is 0 Å². The highest BCUT2D eigenvalue weighted by atomic mass is 16.5. The molecule has 1 aliphatic heterocycles. The first-order valence-corrected chi connectivity index (χ1v) is 8.53. The number of hydrogen-bond acceptors (Lipinski definition) is 3. The minimum absolute atomic E-state index is 0.104. The van der Waals surface area contributed by atoms with Gasteiger partial charge < -0.3 is 19.4 Å². The number of amides is 2. The topological polar surface area (TPSA) is 54.7 Å². The fourth-order valence-electron chi connectivity index (χ4n) is 2.92. The van der Waals surface area contributed by atoms with Crippen molar-refractivity contribution < 1.29 is 13.9 Å². The van der Waals surface area contributed by atoms with Gasteiger partial charge in [-0.05, 0) is 49.1 Å². The molecule has 0 aliphatic carbocycles. The third kappa shape index (κ3) is 4.38. The second-order valence-corrected chi connectivity index (χ2v) is 6.08. The zero-order chi connectivity index (χ0) is 16.8. The van der Waals surface area contributed by atoms with Gasteiger partial charge in [-0.15, -0.1) is 0 Å². The molecule has 5 heteroatoms. The van der Waals surface area contributed by atoms with E-state index in [9.17, 15) is 4.79 Å². The van der Waals surface area contributed by atoms with Crippen molar-refractivity contribution in [1.82, 2.24) is 4.90 Å². The molecule has 1 fully saturated rings. The lowest BCUT2D eigenvalue weighted by atomic mass is 10.1. The number of carbonyl (C=O) groups excluding carboxylic acids is 1. The van der Waals surface area contributed by atoms with Crippen LogP contribution in [0.1, 0.15) is 31.1 Å². The van der Waals surface area contributed by atoms with Crippen molar-refractivity contribution >= 4 is 11.7 Å². The maximum atomic E-state index is 12.7. The standard InChI is InChI=1S/C19H24N2O3/c1-2-15-6-3-7-16(12-15)20-19(22)21(13-17-8-4-10-23-17)14-18-9-5-11-24-18/h3-4,6-8,10,12,18H,2,5,9,11,13-14H2,1H3,(H,20,22). The Kier molecular flexibility index (Phi) is 5.54. The van der Waals surface area contributed by atoms with Gasteiger partial charge in [0.1, 0.15) is 5.76 Å². The van der Waals surface area contributed by atoms with Crippen LogP contribution >= 0.6 is 0 Å². The molecule has 0 bridgehead atoms. The summed E-state index contributed by atoms with van der Waals surface area (Å²) in [6.45, 7) is 3.88. The van der Waals surface area contributed by atoms with Gasteiger partial charge in [-0.1, -0.05) is 19.1 Å². The second kappa shape index (κ2) is 8.02. The lowest BCUT2D eigenvalue weighted by Crippen LogP contribution is -2.39. The molecule has 5 nitrogen and oxygen atoms in total. The highest BCUT2D eigenvalue weighted by Crippen LogP contribution is 2.17. The SMILES string of the molecule is CCc1cccc(NC(=O)N(Cc2ccco2)CC2CCCO2)c1. The molecule has 1 saturated heterocycles. The summed E-state index contributed by atoms with van der Waals surface area (Å²) in [6, 6.07) is 11.5. The third-order valence-electron chi connectivity index (χ3n) is 4.25. The molecule has 0 radical (unpaired) electrons. The number of anilines is 1. The average molecular weight is 328 g/mol. The zero-order valence-corrected chi connectivity index (χ0v) is 14.0. The van der Waals surface area contributed by atoms with E-state index < -0.39 is 0 Å². The number of carbonyl (C=O) groups is 1. The minimum atomic E-state index is -0.129. The highest BCUT2D eigenvalue weighted by Gasteiger charge is 2.23. The number of aryl methyl sites for hydroxylation is 1. The van der Waals surface area contributed by atoms with Gasteiger partial charge in [-0.3, -0.25) is 0 Å². The summed E-state index contributed by atoms with van der Waals surface area (Å²) in [7, 11) is 0. The van der Waals surface area contributed by atoms with Crippen LogP contribution < -0.4 is 5.32 Å². The van der Waals surface area contributed by atoms with Gasteiger partial charge >= 0.3 is 6.03 Å². The molecule has 2 amide bonds. The van der Waals surface area contributed by atoms with E-state index in [2.05, 4.69) is 18.3 Å². The van der Waals surface area contributed by atoms with E-state index in [1.807, 2.05) is 30.3 Å². The lowest BCUT2D eigenvalue weighted by Gasteiger charge is -2.25. The van der Waals surface area contributed by atoms with Crippen LogP contribution in [0.3, 0.4) is 0 Å². The van der Waals surface area contributed by atoms with Crippen LogP contribution in [0.15, 0.2) is 47.1 Å². The first kappa shape index (κ1) is 16.6. The Hall–Kier alpha value is -2.27. The average Bonchev–Trinajstić information content (AvgIpc) is 3.28. The van der Waals surface area contributed by atoms with Gasteiger partial charge in [0.05, 0.1) is 18.9 Å². The molecular weight excluding hydrogens is 304 g/mol. The summed E-state index contributed by atoms with van der Waals surface area (Å²) in [5, 5.41) is 2.99. The minimum Gasteiger partial charge on any atom is -0.467 e. The summed E-state index contributed by atoms with van der Waals surface area (Å²) in [5.41, 5.74) is 2.01. The third-order valence-corrected chi connectivity index (χ3v) is 4.25. The second-order valence-electron chi connectivity index (χ2n) is 6.08. The number of nitrogens with zero attached hydrogens (tertiary/aromatic N) is 1. The van der Waals surface area contributed by atoms with Crippen LogP contribution in [0.4, 0.5) is 10.5 Å². The van der Waals surface area contributed by atoms with Crippen molar-refractivity contribution in [3.8, 4) is 0 Å². The van der Waals surface area contributed by atoms with E-state index >= 15 is 0 Å². The van der Waals surface area contributed by atoms with E-state index in [4.69, 9.17) is 9.15 Å². The number of ether oxygens (including phenoxy) is 1. The number of rotatable bonds is 6. The molecule has 2 aromatic rings. The van der Waals surface area contributed by atoms with Crippen LogP contribution in [0, 0.1) is 0 Å². The molecule has 1 atom stereocenters. The molecule has 1 aromatic heterocycles. The largest absolute Gasteiger partial charge is 0.467 e. The monoisotopic (exact) mass is 328 g/mol. The van der Waals surface area contributed by atoms with Crippen molar-refractivity contribution in [1.29, 1.82) is 0 Å². The summed E-state index contributed by atoms with van der Waals surface area (Å²) < 4.78 is 11.1. The van der Waals surface area contributed by atoms with Gasteiger partial charge in [-0.2, -0.15) is 0 Å². The normalized spacial score (nSPS) is 17.0. The molecule has 1 aliphatic rings. The van der Waals surface area contributed by atoms with Gasteiger partial charge in [0.2, 0.25) is 0 Å². The molecule has 3 rings (SSSR count). The molecule has 128 valence electrons. The van der Waals surface area contributed by atoms with Gasteiger partial charge in [-0.25, -0.2) is 4.79 Å². The van der Waals surface area contributed by atoms with Crippen LogP contribution in [0.5, 0.6) is 0 Å². The fourth-order valence-corrected chi connectivity index (χ4v) is 2.92.